The van der Waals surface area contributed by atoms with Gasteiger partial charge in [0.05, 0.1) is 16.9 Å². The zero-order valence-corrected chi connectivity index (χ0v) is 16.2. The molecule has 5 nitrogen and oxygen atoms in total. The van der Waals surface area contributed by atoms with Crippen molar-refractivity contribution in [2.24, 2.45) is 0 Å². The summed E-state index contributed by atoms with van der Waals surface area (Å²) in [6.45, 7) is 0. The van der Waals surface area contributed by atoms with Gasteiger partial charge in [0.2, 0.25) is 0 Å². The molecule has 1 heterocycles. The molecule has 8 heteroatoms. The molecule has 0 radical (unpaired) electrons. The van der Waals surface area contributed by atoms with Gasteiger partial charge in [0.1, 0.15) is 5.02 Å². The Morgan fingerprint density at radius 3 is 2.32 bits per heavy atom. The van der Waals surface area contributed by atoms with Gasteiger partial charge in [-0.1, -0.05) is 23.2 Å². The van der Waals surface area contributed by atoms with E-state index in [4.69, 9.17) is 23.2 Å². The van der Waals surface area contributed by atoms with Crippen molar-refractivity contribution in [1.82, 2.24) is 9.78 Å². The van der Waals surface area contributed by atoms with Crippen LogP contribution in [0.2, 0.25) is 10.0 Å². The average Bonchev–Trinajstić information content (AvgIpc) is 2.62. The van der Waals surface area contributed by atoms with E-state index in [-0.39, 0.29) is 16.0 Å². The van der Waals surface area contributed by atoms with Crippen molar-refractivity contribution < 1.29 is 4.79 Å². The molecule has 0 spiro atoms. The number of carbonyl (C=O) groups excluding carboxylic acids is 1. The van der Waals surface area contributed by atoms with Gasteiger partial charge in [-0.05, 0) is 71.1 Å². The predicted molar refractivity (Wildman–Crippen MR) is 107 cm³/mol. The zero-order chi connectivity index (χ0) is 18.0. The Kier molecular flexibility index (Phi) is 5.41. The van der Waals surface area contributed by atoms with Crippen LogP contribution in [-0.2, 0) is 0 Å². The number of anilines is 1. The van der Waals surface area contributed by atoms with Crippen LogP contribution in [-0.4, -0.2) is 15.7 Å². The molecule has 25 heavy (non-hydrogen) atoms. The first-order valence-electron chi connectivity index (χ1n) is 7.06. The number of hydrogen-bond acceptors (Lipinski definition) is 3. The van der Waals surface area contributed by atoms with E-state index in [9.17, 15) is 9.59 Å². The van der Waals surface area contributed by atoms with Gasteiger partial charge >= 0.3 is 0 Å². The van der Waals surface area contributed by atoms with Crippen molar-refractivity contribution in [1.29, 1.82) is 0 Å². The normalized spacial score (nSPS) is 10.5. The van der Waals surface area contributed by atoms with Crippen LogP contribution in [0, 0.1) is 3.57 Å². The van der Waals surface area contributed by atoms with Crippen LogP contribution in [0.3, 0.4) is 0 Å². The van der Waals surface area contributed by atoms with Crippen LogP contribution in [0.5, 0.6) is 0 Å². The Bertz CT molecular complexity index is 986. The van der Waals surface area contributed by atoms with Crippen molar-refractivity contribution in [2.45, 2.75) is 0 Å². The van der Waals surface area contributed by atoms with Gasteiger partial charge in [0.25, 0.3) is 11.5 Å². The Morgan fingerprint density at radius 2 is 1.68 bits per heavy atom. The molecule has 1 aromatic heterocycles. The summed E-state index contributed by atoms with van der Waals surface area (Å²) >= 11 is 13.8. The summed E-state index contributed by atoms with van der Waals surface area (Å²) in [5.74, 6) is -0.248. The second-order valence-corrected chi connectivity index (χ2v) is 7.06. The summed E-state index contributed by atoms with van der Waals surface area (Å²) in [4.78, 5) is 24.4. The van der Waals surface area contributed by atoms with Crippen molar-refractivity contribution in [3.05, 3.63) is 84.3 Å². The fourth-order valence-corrected chi connectivity index (χ4v) is 2.70. The quantitative estimate of drug-likeness (QED) is 0.559. The number of nitrogens with zero attached hydrogens (tertiary/aromatic N) is 2. The van der Waals surface area contributed by atoms with E-state index < -0.39 is 5.56 Å². The summed E-state index contributed by atoms with van der Waals surface area (Å²) in [6.07, 6.45) is 1.29. The van der Waals surface area contributed by atoms with E-state index in [1.165, 1.54) is 6.20 Å². The van der Waals surface area contributed by atoms with E-state index >= 15 is 0 Å². The number of amides is 1. The highest BCUT2D eigenvalue weighted by Crippen LogP contribution is 2.17. The minimum atomic E-state index is -0.523. The smallest absolute Gasteiger partial charge is 0.291 e. The lowest BCUT2D eigenvalue weighted by Gasteiger charge is -2.08. The van der Waals surface area contributed by atoms with E-state index in [2.05, 4.69) is 33.0 Å². The zero-order valence-electron chi connectivity index (χ0n) is 12.5. The summed E-state index contributed by atoms with van der Waals surface area (Å²) in [6, 6.07) is 13.9. The summed E-state index contributed by atoms with van der Waals surface area (Å²) in [7, 11) is 0. The third kappa shape index (κ3) is 4.02. The number of aromatic nitrogens is 2. The first-order valence-corrected chi connectivity index (χ1v) is 8.90. The van der Waals surface area contributed by atoms with Crippen molar-refractivity contribution >= 4 is 57.4 Å². The van der Waals surface area contributed by atoms with Gasteiger partial charge in [-0.25, -0.2) is 0 Å². The molecule has 1 N–H and O–H groups in total. The van der Waals surface area contributed by atoms with Gasteiger partial charge in [0, 0.05) is 14.8 Å². The first kappa shape index (κ1) is 17.9. The molecule has 0 bridgehead atoms. The number of hydrogen-bond donors (Lipinski definition) is 1. The molecule has 0 aliphatic rings. The maximum absolute atomic E-state index is 12.3. The SMILES string of the molecule is O=C(Nc1ccc(I)cc1)c1ccc(-n2ncc(Cl)c(Cl)c2=O)cc1. The molecule has 0 saturated heterocycles. The van der Waals surface area contributed by atoms with Gasteiger partial charge in [0.15, 0.2) is 0 Å². The number of halogens is 3. The highest BCUT2D eigenvalue weighted by atomic mass is 127. The number of benzene rings is 2. The average molecular weight is 486 g/mol. The van der Waals surface area contributed by atoms with E-state index in [1.807, 2.05) is 24.3 Å². The van der Waals surface area contributed by atoms with Crippen LogP contribution in [0.1, 0.15) is 10.4 Å². The maximum atomic E-state index is 12.3. The van der Waals surface area contributed by atoms with E-state index in [0.717, 1.165) is 8.25 Å². The van der Waals surface area contributed by atoms with Crippen LogP contribution >= 0.6 is 45.8 Å². The molecular formula is C17H10Cl2IN3O2. The van der Waals surface area contributed by atoms with Crippen molar-refractivity contribution in [3.63, 3.8) is 0 Å². The molecule has 0 saturated carbocycles. The molecule has 0 unspecified atom stereocenters. The third-order valence-corrected chi connectivity index (χ3v) is 4.82. The molecule has 2 aromatic carbocycles. The van der Waals surface area contributed by atoms with Crippen molar-refractivity contribution in [2.75, 3.05) is 5.32 Å². The predicted octanol–water partition coefficient (Wildman–Crippen LogP) is 4.40. The lowest BCUT2D eigenvalue weighted by Crippen LogP contribution is -2.21. The number of carbonyl (C=O) groups is 1. The standard InChI is InChI=1S/C17H10Cl2IN3O2/c18-14-9-21-23(17(25)15(14)19)13-7-1-10(2-8-13)16(24)22-12-5-3-11(20)4-6-12/h1-9H,(H,22,24). The molecule has 0 atom stereocenters. The van der Waals surface area contributed by atoms with Gasteiger partial charge in [-0.3, -0.25) is 9.59 Å². The highest BCUT2D eigenvalue weighted by Gasteiger charge is 2.11. The molecule has 0 aliphatic carbocycles. The van der Waals surface area contributed by atoms with Crippen LogP contribution in [0.15, 0.2) is 59.5 Å². The summed E-state index contributed by atoms with van der Waals surface area (Å²) < 4.78 is 2.20. The molecule has 126 valence electrons. The molecular weight excluding hydrogens is 476 g/mol. The Balaban J connectivity index is 1.82. The first-order chi connectivity index (χ1) is 12.0. The van der Waals surface area contributed by atoms with Gasteiger partial charge in [-0.15, -0.1) is 0 Å². The molecule has 3 rings (SSSR count). The Labute approximate surface area is 166 Å². The minimum Gasteiger partial charge on any atom is -0.322 e. The lowest BCUT2D eigenvalue weighted by molar-refractivity contribution is 0.102. The van der Waals surface area contributed by atoms with Crippen LogP contribution in [0.4, 0.5) is 5.69 Å². The second-order valence-electron chi connectivity index (χ2n) is 5.03. The lowest BCUT2D eigenvalue weighted by atomic mass is 10.2. The minimum absolute atomic E-state index is 0.0939. The summed E-state index contributed by atoms with van der Waals surface area (Å²) in [5.41, 5.74) is 1.12. The molecule has 0 fully saturated rings. The maximum Gasteiger partial charge on any atom is 0.291 e. The molecule has 3 aromatic rings. The number of rotatable bonds is 3. The van der Waals surface area contributed by atoms with Crippen LogP contribution in [0.25, 0.3) is 5.69 Å². The topological polar surface area (TPSA) is 64.0 Å². The van der Waals surface area contributed by atoms with Gasteiger partial charge in [-0.2, -0.15) is 9.78 Å². The van der Waals surface area contributed by atoms with Crippen LogP contribution < -0.4 is 10.9 Å². The van der Waals surface area contributed by atoms with Crippen molar-refractivity contribution in [3.8, 4) is 5.69 Å². The Morgan fingerprint density at radius 1 is 1.04 bits per heavy atom. The largest absolute Gasteiger partial charge is 0.322 e. The van der Waals surface area contributed by atoms with Gasteiger partial charge < -0.3 is 5.32 Å². The van der Waals surface area contributed by atoms with E-state index in [0.29, 0.717) is 16.9 Å². The van der Waals surface area contributed by atoms with E-state index in [1.54, 1.807) is 24.3 Å². The molecule has 0 aliphatic heterocycles. The fourth-order valence-electron chi connectivity index (χ4n) is 2.09. The summed E-state index contributed by atoms with van der Waals surface area (Å²) in [5, 5.41) is 6.75. The third-order valence-electron chi connectivity index (χ3n) is 3.35. The monoisotopic (exact) mass is 485 g/mol. The Hall–Kier alpha value is -1.90. The highest BCUT2D eigenvalue weighted by molar-refractivity contribution is 14.1. The molecule has 1 amide bonds. The number of nitrogens with one attached hydrogen (secondary N) is 1. The fraction of sp³-hybridized carbons (Fsp3) is 0. The second kappa shape index (κ2) is 7.55.